The monoisotopic (exact) mass is 359 g/mol. The summed E-state index contributed by atoms with van der Waals surface area (Å²) >= 11 is 0. The number of hydrogen-bond acceptors (Lipinski definition) is 4. The Morgan fingerprint density at radius 3 is 2.62 bits per heavy atom. The molecule has 1 heterocycles. The van der Waals surface area contributed by atoms with Crippen LogP contribution in [0.2, 0.25) is 0 Å². The number of rotatable bonds is 5. The number of amides is 2. The molecule has 2 aliphatic carbocycles. The molecule has 0 spiro atoms. The predicted molar refractivity (Wildman–Crippen MR) is 93.8 cm³/mol. The van der Waals surface area contributed by atoms with Crippen molar-refractivity contribution >= 4 is 24.2 Å². The lowest BCUT2D eigenvalue weighted by atomic mass is 9.67. The normalized spacial score (nSPS) is 35.5. The molecule has 3 atom stereocenters. The fourth-order valence-corrected chi connectivity index (χ4v) is 4.67. The predicted octanol–water partition coefficient (Wildman–Crippen LogP) is 0.925. The van der Waals surface area contributed by atoms with Gasteiger partial charge in [0.25, 0.3) is 0 Å². The van der Waals surface area contributed by atoms with Crippen LogP contribution >= 0.6 is 12.4 Å². The topological polar surface area (TPSA) is 84.7 Å². The Balaban J connectivity index is 0.00000208. The number of nitrogens with one attached hydrogen (secondary N) is 1. The van der Waals surface area contributed by atoms with Crippen molar-refractivity contribution in [2.45, 2.75) is 50.6 Å². The van der Waals surface area contributed by atoms with Crippen LogP contribution in [0.3, 0.4) is 0 Å². The molecule has 3 fully saturated rings. The number of hydrogen-bond donors (Lipinski definition) is 2. The van der Waals surface area contributed by atoms with Gasteiger partial charge in [-0.05, 0) is 37.5 Å². The van der Waals surface area contributed by atoms with E-state index >= 15 is 0 Å². The summed E-state index contributed by atoms with van der Waals surface area (Å²) in [5, 5.41) is 3.28. The van der Waals surface area contributed by atoms with Crippen LogP contribution in [0.1, 0.15) is 38.5 Å². The van der Waals surface area contributed by atoms with Crippen molar-refractivity contribution in [2.75, 3.05) is 26.8 Å². The van der Waals surface area contributed by atoms with E-state index in [0.29, 0.717) is 38.0 Å². The highest BCUT2D eigenvalue weighted by Gasteiger charge is 2.42. The van der Waals surface area contributed by atoms with E-state index < -0.39 is 0 Å². The van der Waals surface area contributed by atoms with Gasteiger partial charge in [-0.15, -0.1) is 12.4 Å². The Hall–Kier alpha value is -0.850. The molecule has 138 valence electrons. The molecule has 6 nitrogen and oxygen atoms in total. The Morgan fingerprint density at radius 1 is 1.33 bits per heavy atom. The first-order chi connectivity index (χ1) is 11.1. The van der Waals surface area contributed by atoms with Gasteiger partial charge in [0.15, 0.2) is 0 Å². The minimum Gasteiger partial charge on any atom is -0.383 e. The van der Waals surface area contributed by atoms with E-state index in [1.807, 2.05) is 0 Å². The molecule has 0 aromatic heterocycles. The number of ether oxygens (including phenoxy) is 1. The molecule has 2 saturated carbocycles. The van der Waals surface area contributed by atoms with Crippen LogP contribution in [0.25, 0.3) is 0 Å². The second-order valence-corrected chi connectivity index (χ2v) is 7.45. The van der Waals surface area contributed by atoms with Crippen LogP contribution in [-0.4, -0.2) is 55.6 Å². The smallest absolute Gasteiger partial charge is 0.225 e. The van der Waals surface area contributed by atoms with Crippen molar-refractivity contribution < 1.29 is 14.3 Å². The van der Waals surface area contributed by atoms with Gasteiger partial charge in [-0.25, -0.2) is 0 Å². The summed E-state index contributed by atoms with van der Waals surface area (Å²) in [4.78, 5) is 26.4. The molecular formula is C17H30ClN3O3. The first-order valence-electron chi connectivity index (χ1n) is 8.91. The van der Waals surface area contributed by atoms with Crippen molar-refractivity contribution in [3.8, 4) is 0 Å². The largest absolute Gasteiger partial charge is 0.383 e. The van der Waals surface area contributed by atoms with E-state index in [1.165, 1.54) is 19.3 Å². The van der Waals surface area contributed by atoms with Crippen LogP contribution in [0.15, 0.2) is 0 Å². The Kier molecular flexibility index (Phi) is 6.89. The molecule has 0 radical (unpaired) electrons. The van der Waals surface area contributed by atoms with Gasteiger partial charge in [0.1, 0.15) is 0 Å². The van der Waals surface area contributed by atoms with E-state index in [1.54, 1.807) is 12.0 Å². The highest BCUT2D eigenvalue weighted by atomic mass is 35.5. The summed E-state index contributed by atoms with van der Waals surface area (Å²) in [5.41, 5.74) is 6.15. The first-order valence-corrected chi connectivity index (χ1v) is 8.91. The van der Waals surface area contributed by atoms with Crippen LogP contribution in [0, 0.1) is 17.8 Å². The number of methoxy groups -OCH3 is 1. The standard InChI is InChI=1S/C17H29N3O3.ClH/c1-23-6-5-20-10-13(9-15(20)21)17(22)19-16-11-3-2-4-12(16)8-14(18)7-11;/h11-14,16H,2-10,18H2,1H3,(H,19,22);1H. The summed E-state index contributed by atoms with van der Waals surface area (Å²) in [6, 6.07) is 0.551. The Labute approximate surface area is 150 Å². The molecule has 7 heteroatoms. The number of carbonyl (C=O) groups is 2. The fourth-order valence-electron chi connectivity index (χ4n) is 4.67. The second kappa shape index (κ2) is 8.50. The van der Waals surface area contributed by atoms with Gasteiger partial charge in [0.2, 0.25) is 11.8 Å². The maximum absolute atomic E-state index is 12.6. The van der Waals surface area contributed by atoms with Gasteiger partial charge in [-0.3, -0.25) is 9.59 Å². The molecular weight excluding hydrogens is 330 g/mol. The van der Waals surface area contributed by atoms with E-state index in [4.69, 9.17) is 10.5 Å². The van der Waals surface area contributed by atoms with Gasteiger partial charge >= 0.3 is 0 Å². The SMILES string of the molecule is COCCN1CC(C(=O)NC2C3CCCC2CC(N)C3)CC1=O.Cl. The lowest BCUT2D eigenvalue weighted by molar-refractivity contribution is -0.130. The molecule has 2 amide bonds. The highest BCUT2D eigenvalue weighted by molar-refractivity contribution is 5.89. The highest BCUT2D eigenvalue weighted by Crippen LogP contribution is 2.39. The Bertz CT molecular complexity index is 448. The molecule has 3 N–H and O–H groups in total. The summed E-state index contributed by atoms with van der Waals surface area (Å²) < 4.78 is 5.02. The van der Waals surface area contributed by atoms with Gasteiger partial charge in [0, 0.05) is 38.7 Å². The third kappa shape index (κ3) is 4.21. The molecule has 3 rings (SSSR count). The maximum atomic E-state index is 12.6. The van der Waals surface area contributed by atoms with Crippen LogP contribution in [0.5, 0.6) is 0 Å². The minimum atomic E-state index is -0.212. The lowest BCUT2D eigenvalue weighted by Crippen LogP contribution is -2.54. The first kappa shape index (κ1) is 19.5. The van der Waals surface area contributed by atoms with Gasteiger partial charge in [-0.1, -0.05) is 6.42 Å². The van der Waals surface area contributed by atoms with Crippen LogP contribution in [0.4, 0.5) is 0 Å². The zero-order valence-corrected chi connectivity index (χ0v) is 15.2. The third-order valence-electron chi connectivity index (χ3n) is 5.84. The summed E-state index contributed by atoms with van der Waals surface area (Å²) in [6.07, 6.45) is 5.95. The van der Waals surface area contributed by atoms with Crippen molar-refractivity contribution in [3.05, 3.63) is 0 Å². The lowest BCUT2D eigenvalue weighted by Gasteiger charge is -2.45. The fraction of sp³-hybridized carbons (Fsp3) is 0.882. The minimum absolute atomic E-state index is 0. The molecule has 1 saturated heterocycles. The van der Waals surface area contributed by atoms with Crippen molar-refractivity contribution in [1.82, 2.24) is 10.2 Å². The van der Waals surface area contributed by atoms with Crippen LogP contribution in [-0.2, 0) is 14.3 Å². The zero-order valence-electron chi connectivity index (χ0n) is 14.4. The van der Waals surface area contributed by atoms with Crippen molar-refractivity contribution in [3.63, 3.8) is 0 Å². The number of carbonyl (C=O) groups excluding carboxylic acids is 2. The number of halogens is 1. The summed E-state index contributed by atoms with van der Waals surface area (Å²) in [7, 11) is 1.62. The maximum Gasteiger partial charge on any atom is 0.225 e. The summed E-state index contributed by atoms with van der Waals surface area (Å²) in [5.74, 6) is 0.936. The van der Waals surface area contributed by atoms with Crippen molar-refractivity contribution in [2.24, 2.45) is 23.5 Å². The molecule has 1 aliphatic heterocycles. The number of nitrogens with two attached hydrogens (primary N) is 1. The molecule has 0 aromatic carbocycles. The van der Waals surface area contributed by atoms with E-state index in [-0.39, 0.29) is 42.2 Å². The van der Waals surface area contributed by atoms with Crippen molar-refractivity contribution in [1.29, 1.82) is 0 Å². The quantitative estimate of drug-likeness (QED) is 0.764. The van der Waals surface area contributed by atoms with E-state index in [2.05, 4.69) is 5.32 Å². The number of nitrogens with zero attached hydrogens (tertiary/aromatic N) is 1. The molecule has 3 aliphatic rings. The molecule has 2 bridgehead atoms. The van der Waals surface area contributed by atoms with Gasteiger partial charge < -0.3 is 20.7 Å². The Morgan fingerprint density at radius 2 is 2.00 bits per heavy atom. The van der Waals surface area contributed by atoms with E-state index in [0.717, 1.165) is 12.8 Å². The molecule has 0 aromatic rings. The van der Waals surface area contributed by atoms with E-state index in [9.17, 15) is 9.59 Å². The average Bonchev–Trinajstić information content (AvgIpc) is 2.87. The zero-order chi connectivity index (χ0) is 16.4. The molecule has 24 heavy (non-hydrogen) atoms. The number of fused-ring (bicyclic) bond motifs is 2. The van der Waals surface area contributed by atoms with Gasteiger partial charge in [-0.2, -0.15) is 0 Å². The molecule has 3 unspecified atom stereocenters. The second-order valence-electron chi connectivity index (χ2n) is 7.45. The average molecular weight is 360 g/mol. The number of likely N-dealkylation sites (tertiary alicyclic amines) is 1. The third-order valence-corrected chi connectivity index (χ3v) is 5.84. The summed E-state index contributed by atoms with van der Waals surface area (Å²) in [6.45, 7) is 1.61. The van der Waals surface area contributed by atoms with Gasteiger partial charge in [0.05, 0.1) is 12.5 Å². The van der Waals surface area contributed by atoms with Crippen LogP contribution < -0.4 is 11.1 Å².